The molecule has 1 fully saturated rings. The van der Waals surface area contributed by atoms with Crippen LogP contribution in [0.3, 0.4) is 0 Å². The Hall–Kier alpha value is -1.03. The highest BCUT2D eigenvalue weighted by molar-refractivity contribution is 5.33. The Labute approximate surface area is 99.0 Å². The number of nitrogens with one attached hydrogen (secondary N) is 1. The molecular formula is C13H16F3N. The van der Waals surface area contributed by atoms with Gasteiger partial charge in [-0.2, -0.15) is 13.2 Å². The van der Waals surface area contributed by atoms with Gasteiger partial charge in [0.2, 0.25) is 0 Å². The Kier molecular flexibility index (Phi) is 3.43. The van der Waals surface area contributed by atoms with Crippen LogP contribution in [0.5, 0.6) is 0 Å². The molecule has 2 rings (SSSR count). The van der Waals surface area contributed by atoms with E-state index in [2.05, 4.69) is 5.32 Å². The van der Waals surface area contributed by atoms with Crippen molar-refractivity contribution in [2.45, 2.75) is 31.9 Å². The van der Waals surface area contributed by atoms with E-state index in [1.165, 1.54) is 12.1 Å². The lowest BCUT2D eigenvalue weighted by Crippen LogP contribution is -2.28. The van der Waals surface area contributed by atoms with Gasteiger partial charge in [-0.25, -0.2) is 0 Å². The number of hydrogen-bond donors (Lipinski definition) is 1. The summed E-state index contributed by atoms with van der Waals surface area (Å²) in [4.78, 5) is 0. The molecule has 17 heavy (non-hydrogen) atoms. The minimum atomic E-state index is -4.25. The monoisotopic (exact) mass is 243 g/mol. The Morgan fingerprint density at radius 2 is 2.00 bits per heavy atom. The van der Waals surface area contributed by atoms with Gasteiger partial charge in [-0.3, -0.25) is 0 Å². The van der Waals surface area contributed by atoms with Crippen molar-refractivity contribution >= 4 is 0 Å². The van der Waals surface area contributed by atoms with E-state index < -0.39 is 11.7 Å². The summed E-state index contributed by atoms with van der Waals surface area (Å²) in [5.74, 6) is 0.213. The van der Waals surface area contributed by atoms with E-state index >= 15 is 0 Å². The average molecular weight is 243 g/mol. The summed E-state index contributed by atoms with van der Waals surface area (Å²) in [6, 6.07) is 4.37. The summed E-state index contributed by atoms with van der Waals surface area (Å²) in [6.07, 6.45) is -2.25. The number of rotatable bonds is 1. The second-order valence-corrected chi connectivity index (χ2v) is 4.67. The number of aryl methyl sites for hydroxylation is 1. The van der Waals surface area contributed by atoms with Gasteiger partial charge in [0.25, 0.3) is 0 Å². The zero-order valence-electron chi connectivity index (χ0n) is 9.77. The summed E-state index contributed by atoms with van der Waals surface area (Å²) < 4.78 is 38.1. The van der Waals surface area contributed by atoms with Gasteiger partial charge in [-0.1, -0.05) is 11.6 Å². The quantitative estimate of drug-likeness (QED) is 0.796. The summed E-state index contributed by atoms with van der Waals surface area (Å²) in [7, 11) is 0. The van der Waals surface area contributed by atoms with E-state index in [1.807, 2.05) is 6.07 Å². The molecule has 1 aliphatic rings. The lowest BCUT2D eigenvalue weighted by Gasteiger charge is -2.24. The molecular weight excluding hydrogens is 227 g/mol. The van der Waals surface area contributed by atoms with Gasteiger partial charge in [-0.15, -0.1) is 0 Å². The van der Waals surface area contributed by atoms with Crippen LogP contribution in [-0.4, -0.2) is 13.1 Å². The van der Waals surface area contributed by atoms with Crippen molar-refractivity contribution in [3.8, 4) is 0 Å². The maximum absolute atomic E-state index is 12.7. The standard InChI is InChI=1S/C13H16F3N/c1-9-5-11(10-3-2-4-17-8-10)7-12(6-9)13(14,15)16/h5-7,10,17H,2-4,8H2,1H3. The van der Waals surface area contributed by atoms with Gasteiger partial charge in [-0.05, 0) is 49.9 Å². The zero-order chi connectivity index (χ0) is 12.5. The average Bonchev–Trinajstić information content (AvgIpc) is 2.28. The van der Waals surface area contributed by atoms with E-state index in [-0.39, 0.29) is 5.92 Å². The summed E-state index contributed by atoms with van der Waals surface area (Å²) in [5.41, 5.74) is 0.961. The van der Waals surface area contributed by atoms with Crippen LogP contribution in [0.15, 0.2) is 18.2 Å². The molecule has 1 aliphatic heterocycles. The number of benzene rings is 1. The first kappa shape index (κ1) is 12.4. The minimum absolute atomic E-state index is 0.213. The fourth-order valence-corrected chi connectivity index (χ4v) is 2.35. The lowest BCUT2D eigenvalue weighted by atomic mass is 9.89. The first-order valence-electron chi connectivity index (χ1n) is 5.86. The molecule has 1 nitrogen and oxygen atoms in total. The molecule has 0 radical (unpaired) electrons. The van der Waals surface area contributed by atoms with Gasteiger partial charge >= 0.3 is 6.18 Å². The van der Waals surface area contributed by atoms with Gasteiger partial charge in [0, 0.05) is 6.54 Å². The fourth-order valence-electron chi connectivity index (χ4n) is 2.35. The van der Waals surface area contributed by atoms with E-state index in [1.54, 1.807) is 6.92 Å². The van der Waals surface area contributed by atoms with Crippen molar-refractivity contribution in [3.05, 3.63) is 34.9 Å². The van der Waals surface area contributed by atoms with Crippen molar-refractivity contribution in [2.24, 2.45) is 0 Å². The SMILES string of the molecule is Cc1cc(C2CCCNC2)cc(C(F)(F)F)c1. The van der Waals surface area contributed by atoms with Crippen LogP contribution in [-0.2, 0) is 6.18 Å². The molecule has 1 heterocycles. The second kappa shape index (κ2) is 4.69. The van der Waals surface area contributed by atoms with Crippen molar-refractivity contribution in [1.82, 2.24) is 5.32 Å². The van der Waals surface area contributed by atoms with E-state index in [4.69, 9.17) is 0 Å². The van der Waals surface area contributed by atoms with Crippen LogP contribution in [0.2, 0.25) is 0 Å². The number of alkyl halides is 3. The molecule has 0 bridgehead atoms. The van der Waals surface area contributed by atoms with Crippen LogP contribution in [0.25, 0.3) is 0 Å². The normalized spacial score (nSPS) is 21.5. The highest BCUT2D eigenvalue weighted by Gasteiger charge is 2.31. The molecule has 0 amide bonds. The predicted octanol–water partition coefficient (Wildman–Crippen LogP) is 3.48. The molecule has 0 aliphatic carbocycles. The number of piperidine rings is 1. The zero-order valence-corrected chi connectivity index (χ0v) is 9.77. The fraction of sp³-hybridized carbons (Fsp3) is 0.538. The van der Waals surface area contributed by atoms with Crippen LogP contribution in [0, 0.1) is 6.92 Å². The van der Waals surface area contributed by atoms with Gasteiger partial charge in [0.15, 0.2) is 0 Å². The van der Waals surface area contributed by atoms with E-state index in [0.717, 1.165) is 31.5 Å². The highest BCUT2D eigenvalue weighted by atomic mass is 19.4. The molecule has 0 saturated carbocycles. The Morgan fingerprint density at radius 3 is 2.59 bits per heavy atom. The van der Waals surface area contributed by atoms with Gasteiger partial charge < -0.3 is 5.32 Å². The molecule has 1 unspecified atom stereocenters. The summed E-state index contributed by atoms with van der Waals surface area (Å²) in [5, 5.41) is 3.23. The van der Waals surface area contributed by atoms with E-state index in [9.17, 15) is 13.2 Å². The van der Waals surface area contributed by atoms with Crippen molar-refractivity contribution < 1.29 is 13.2 Å². The molecule has 1 aromatic rings. The molecule has 0 aromatic heterocycles. The summed E-state index contributed by atoms with van der Waals surface area (Å²) in [6.45, 7) is 3.46. The van der Waals surface area contributed by atoms with Gasteiger partial charge in [0.1, 0.15) is 0 Å². The lowest BCUT2D eigenvalue weighted by molar-refractivity contribution is -0.137. The summed E-state index contributed by atoms with van der Waals surface area (Å²) >= 11 is 0. The highest BCUT2D eigenvalue weighted by Crippen LogP contribution is 2.33. The molecule has 1 aromatic carbocycles. The van der Waals surface area contributed by atoms with Crippen LogP contribution < -0.4 is 5.32 Å². The van der Waals surface area contributed by atoms with Crippen molar-refractivity contribution in [1.29, 1.82) is 0 Å². The Bertz CT molecular complexity index is 392. The van der Waals surface area contributed by atoms with Crippen LogP contribution in [0.1, 0.15) is 35.4 Å². The number of halogens is 3. The van der Waals surface area contributed by atoms with Crippen LogP contribution in [0.4, 0.5) is 13.2 Å². The molecule has 1 saturated heterocycles. The van der Waals surface area contributed by atoms with Crippen molar-refractivity contribution in [2.75, 3.05) is 13.1 Å². The molecule has 1 N–H and O–H groups in total. The minimum Gasteiger partial charge on any atom is -0.316 e. The van der Waals surface area contributed by atoms with Crippen molar-refractivity contribution in [3.63, 3.8) is 0 Å². The number of hydrogen-bond acceptors (Lipinski definition) is 1. The maximum Gasteiger partial charge on any atom is 0.416 e. The predicted molar refractivity (Wildman–Crippen MR) is 61.0 cm³/mol. The molecule has 94 valence electrons. The third-order valence-electron chi connectivity index (χ3n) is 3.20. The molecule has 4 heteroatoms. The Morgan fingerprint density at radius 1 is 1.24 bits per heavy atom. The van der Waals surface area contributed by atoms with E-state index in [0.29, 0.717) is 5.56 Å². The third kappa shape index (κ3) is 3.00. The first-order valence-corrected chi connectivity index (χ1v) is 5.86. The van der Waals surface area contributed by atoms with Crippen LogP contribution >= 0.6 is 0 Å². The maximum atomic E-state index is 12.7. The Balaban J connectivity index is 2.31. The first-order chi connectivity index (χ1) is 7.97. The smallest absolute Gasteiger partial charge is 0.316 e. The molecule has 0 spiro atoms. The third-order valence-corrected chi connectivity index (χ3v) is 3.20. The molecule has 1 atom stereocenters. The topological polar surface area (TPSA) is 12.0 Å². The van der Waals surface area contributed by atoms with Gasteiger partial charge in [0.05, 0.1) is 5.56 Å². The largest absolute Gasteiger partial charge is 0.416 e. The second-order valence-electron chi connectivity index (χ2n) is 4.67.